The lowest BCUT2D eigenvalue weighted by Gasteiger charge is -2.33. The number of piperidine rings is 1. The van der Waals surface area contributed by atoms with Crippen LogP contribution in [-0.4, -0.2) is 69.9 Å². The van der Waals surface area contributed by atoms with E-state index < -0.39 is 10.0 Å². The van der Waals surface area contributed by atoms with Crippen molar-refractivity contribution in [3.8, 4) is 0 Å². The van der Waals surface area contributed by atoms with Crippen molar-refractivity contribution in [2.24, 2.45) is 0 Å². The third-order valence-electron chi connectivity index (χ3n) is 3.48. The highest BCUT2D eigenvalue weighted by molar-refractivity contribution is 7.90. The number of piperazine rings is 1. The van der Waals surface area contributed by atoms with Crippen molar-refractivity contribution in [2.45, 2.75) is 18.1 Å². The fourth-order valence-electron chi connectivity index (χ4n) is 2.26. The van der Waals surface area contributed by atoms with E-state index >= 15 is 0 Å². The first-order valence-electron chi connectivity index (χ1n) is 6.23. The van der Waals surface area contributed by atoms with Crippen LogP contribution in [0.5, 0.6) is 0 Å². The SMILES string of the molecule is CN1CCN(NS(=O)(=O)C2CCNCC2)CC1. The third-order valence-corrected chi connectivity index (χ3v) is 5.35. The molecule has 100 valence electrons. The average molecular weight is 262 g/mol. The smallest absolute Gasteiger partial charge is 0.227 e. The molecule has 0 aromatic rings. The summed E-state index contributed by atoms with van der Waals surface area (Å²) < 4.78 is 24.3. The number of sulfonamides is 1. The molecule has 0 aromatic heterocycles. The van der Waals surface area contributed by atoms with Gasteiger partial charge < -0.3 is 10.2 Å². The Balaban J connectivity index is 1.88. The maximum absolute atomic E-state index is 12.1. The molecule has 2 saturated heterocycles. The molecule has 0 atom stereocenters. The van der Waals surface area contributed by atoms with Crippen LogP contribution in [0.3, 0.4) is 0 Å². The lowest BCUT2D eigenvalue weighted by Crippen LogP contribution is -2.55. The van der Waals surface area contributed by atoms with Crippen molar-refractivity contribution in [1.82, 2.24) is 20.1 Å². The predicted molar refractivity (Wildman–Crippen MR) is 67.0 cm³/mol. The molecule has 2 fully saturated rings. The van der Waals surface area contributed by atoms with Crippen LogP contribution in [-0.2, 0) is 10.0 Å². The largest absolute Gasteiger partial charge is 0.317 e. The van der Waals surface area contributed by atoms with Gasteiger partial charge in [0.1, 0.15) is 0 Å². The molecular formula is C10H22N4O2S. The second kappa shape index (κ2) is 5.62. The molecule has 2 aliphatic rings. The molecule has 2 aliphatic heterocycles. The van der Waals surface area contributed by atoms with Gasteiger partial charge in [0.2, 0.25) is 10.0 Å². The van der Waals surface area contributed by atoms with Crippen molar-refractivity contribution >= 4 is 10.0 Å². The number of nitrogens with zero attached hydrogens (tertiary/aromatic N) is 2. The van der Waals surface area contributed by atoms with Crippen molar-refractivity contribution in [3.05, 3.63) is 0 Å². The van der Waals surface area contributed by atoms with Crippen LogP contribution in [0.15, 0.2) is 0 Å². The van der Waals surface area contributed by atoms with Gasteiger partial charge in [-0.15, -0.1) is 4.83 Å². The molecule has 0 aromatic carbocycles. The molecule has 0 radical (unpaired) electrons. The summed E-state index contributed by atoms with van der Waals surface area (Å²) in [5.41, 5.74) is 0. The van der Waals surface area contributed by atoms with Gasteiger partial charge in [0.15, 0.2) is 0 Å². The Kier molecular flexibility index (Phi) is 4.37. The number of hydrogen-bond acceptors (Lipinski definition) is 5. The van der Waals surface area contributed by atoms with Gasteiger partial charge in [-0.2, -0.15) is 0 Å². The van der Waals surface area contributed by atoms with Gasteiger partial charge in [0, 0.05) is 26.2 Å². The minimum Gasteiger partial charge on any atom is -0.317 e. The van der Waals surface area contributed by atoms with Crippen LogP contribution in [0.25, 0.3) is 0 Å². The molecule has 0 bridgehead atoms. The van der Waals surface area contributed by atoms with Crippen molar-refractivity contribution in [2.75, 3.05) is 46.3 Å². The molecule has 2 N–H and O–H groups in total. The molecule has 6 nitrogen and oxygen atoms in total. The lowest BCUT2D eigenvalue weighted by molar-refractivity contribution is 0.134. The summed E-state index contributed by atoms with van der Waals surface area (Å²) in [7, 11) is -1.13. The zero-order valence-electron chi connectivity index (χ0n) is 10.4. The fraction of sp³-hybridized carbons (Fsp3) is 1.00. The van der Waals surface area contributed by atoms with Gasteiger partial charge in [-0.05, 0) is 33.0 Å². The average Bonchev–Trinajstić information content (AvgIpc) is 2.33. The highest BCUT2D eigenvalue weighted by Crippen LogP contribution is 2.12. The maximum atomic E-state index is 12.1. The van der Waals surface area contributed by atoms with E-state index in [-0.39, 0.29) is 5.25 Å². The fourth-order valence-corrected chi connectivity index (χ4v) is 3.81. The Morgan fingerprint density at radius 3 is 2.29 bits per heavy atom. The molecule has 2 rings (SSSR count). The monoisotopic (exact) mass is 262 g/mol. The summed E-state index contributed by atoms with van der Waals surface area (Å²) in [6.07, 6.45) is 1.42. The van der Waals surface area contributed by atoms with Crippen LogP contribution in [0.4, 0.5) is 0 Å². The van der Waals surface area contributed by atoms with E-state index in [1.54, 1.807) is 0 Å². The number of rotatable bonds is 3. The Bertz CT molecular complexity index is 332. The van der Waals surface area contributed by atoms with E-state index in [9.17, 15) is 8.42 Å². The van der Waals surface area contributed by atoms with Gasteiger partial charge in [-0.1, -0.05) is 0 Å². The molecule has 0 aliphatic carbocycles. The molecule has 0 amide bonds. The standard InChI is InChI=1S/C10H22N4O2S/c1-13-6-8-14(9-7-13)12-17(15,16)10-2-4-11-5-3-10/h10-12H,2-9H2,1H3. The minimum absolute atomic E-state index is 0.233. The Morgan fingerprint density at radius 1 is 1.12 bits per heavy atom. The first-order chi connectivity index (χ1) is 8.08. The third kappa shape index (κ3) is 3.62. The zero-order chi connectivity index (χ0) is 12.3. The molecule has 2 heterocycles. The molecule has 7 heteroatoms. The van der Waals surface area contributed by atoms with Crippen molar-refractivity contribution < 1.29 is 8.42 Å². The number of likely N-dealkylation sites (N-methyl/N-ethyl adjacent to an activating group) is 1. The van der Waals surface area contributed by atoms with Gasteiger partial charge >= 0.3 is 0 Å². The molecular weight excluding hydrogens is 240 g/mol. The van der Waals surface area contributed by atoms with E-state index in [2.05, 4.69) is 22.1 Å². The second-order valence-corrected chi connectivity index (χ2v) is 6.82. The van der Waals surface area contributed by atoms with Crippen LogP contribution in [0.1, 0.15) is 12.8 Å². The highest BCUT2D eigenvalue weighted by Gasteiger charge is 2.29. The zero-order valence-corrected chi connectivity index (χ0v) is 11.2. The van der Waals surface area contributed by atoms with Gasteiger partial charge in [0.25, 0.3) is 0 Å². The number of nitrogens with one attached hydrogen (secondary N) is 2. The Hall–Kier alpha value is -0.210. The number of hydrogen-bond donors (Lipinski definition) is 2. The molecule has 17 heavy (non-hydrogen) atoms. The van der Waals surface area contributed by atoms with E-state index in [1.165, 1.54) is 0 Å². The van der Waals surface area contributed by atoms with Gasteiger partial charge in [-0.25, -0.2) is 13.4 Å². The molecule has 0 saturated carbocycles. The first-order valence-corrected chi connectivity index (χ1v) is 7.78. The van der Waals surface area contributed by atoms with E-state index in [0.717, 1.165) is 39.3 Å². The summed E-state index contributed by atoms with van der Waals surface area (Å²) >= 11 is 0. The minimum atomic E-state index is -3.18. The van der Waals surface area contributed by atoms with Crippen molar-refractivity contribution in [1.29, 1.82) is 0 Å². The van der Waals surface area contributed by atoms with Crippen LogP contribution >= 0.6 is 0 Å². The molecule has 0 spiro atoms. The van der Waals surface area contributed by atoms with Gasteiger partial charge in [-0.3, -0.25) is 0 Å². The van der Waals surface area contributed by atoms with Crippen LogP contribution in [0, 0.1) is 0 Å². The van der Waals surface area contributed by atoms with E-state index in [4.69, 9.17) is 0 Å². The second-order valence-electron chi connectivity index (χ2n) is 4.88. The predicted octanol–water partition coefficient (Wildman–Crippen LogP) is -1.18. The Morgan fingerprint density at radius 2 is 1.71 bits per heavy atom. The van der Waals surface area contributed by atoms with Gasteiger partial charge in [0.05, 0.1) is 5.25 Å². The van der Waals surface area contributed by atoms with Crippen LogP contribution in [0.2, 0.25) is 0 Å². The quantitative estimate of drug-likeness (QED) is 0.670. The summed E-state index contributed by atoms with van der Waals surface area (Å²) in [5.74, 6) is 0. The number of hydrazine groups is 1. The topological polar surface area (TPSA) is 64.7 Å². The summed E-state index contributed by atoms with van der Waals surface area (Å²) in [6.45, 7) is 4.95. The summed E-state index contributed by atoms with van der Waals surface area (Å²) in [6, 6.07) is 0. The van der Waals surface area contributed by atoms with Crippen LogP contribution < -0.4 is 10.1 Å². The maximum Gasteiger partial charge on any atom is 0.227 e. The summed E-state index contributed by atoms with van der Waals surface area (Å²) in [4.78, 5) is 4.94. The van der Waals surface area contributed by atoms with Crippen molar-refractivity contribution in [3.63, 3.8) is 0 Å². The van der Waals surface area contributed by atoms with E-state index in [1.807, 2.05) is 5.01 Å². The highest BCUT2D eigenvalue weighted by atomic mass is 32.2. The molecule has 0 unspecified atom stereocenters. The Labute approximate surface area is 103 Å². The lowest BCUT2D eigenvalue weighted by atomic mass is 10.2. The first kappa shape index (κ1) is 13.2. The summed E-state index contributed by atoms with van der Waals surface area (Å²) in [5, 5.41) is 4.78. The normalized spacial score (nSPS) is 26.2. The van der Waals surface area contributed by atoms with E-state index in [0.29, 0.717) is 12.8 Å².